The summed E-state index contributed by atoms with van der Waals surface area (Å²) in [5, 5.41) is 5.95. The van der Waals surface area contributed by atoms with Gasteiger partial charge in [-0.05, 0) is 49.2 Å². The molecular formula is C23H25N3O6. The van der Waals surface area contributed by atoms with E-state index >= 15 is 0 Å². The lowest BCUT2D eigenvalue weighted by molar-refractivity contribution is 0.0600. The minimum atomic E-state index is -0.462. The van der Waals surface area contributed by atoms with Crippen molar-refractivity contribution in [3.63, 3.8) is 0 Å². The van der Waals surface area contributed by atoms with Crippen LogP contribution in [0.5, 0.6) is 11.5 Å². The van der Waals surface area contributed by atoms with Crippen molar-refractivity contribution in [1.29, 1.82) is 0 Å². The van der Waals surface area contributed by atoms with Gasteiger partial charge in [0.15, 0.2) is 11.5 Å². The Morgan fingerprint density at radius 1 is 1.03 bits per heavy atom. The Balaban J connectivity index is 1.49. The molecule has 0 radical (unpaired) electrons. The number of rotatable bonds is 5. The number of benzene rings is 2. The van der Waals surface area contributed by atoms with Gasteiger partial charge in [0.2, 0.25) is 5.96 Å². The number of nitrogens with one attached hydrogen (secondary N) is 2. The first-order chi connectivity index (χ1) is 15.6. The van der Waals surface area contributed by atoms with Gasteiger partial charge in [0.25, 0.3) is 5.91 Å². The van der Waals surface area contributed by atoms with Gasteiger partial charge in [0.05, 0.1) is 25.3 Å². The molecule has 4 rings (SSSR count). The predicted molar refractivity (Wildman–Crippen MR) is 118 cm³/mol. The van der Waals surface area contributed by atoms with Crippen molar-refractivity contribution in [1.82, 2.24) is 5.32 Å². The van der Waals surface area contributed by atoms with E-state index in [1.54, 1.807) is 18.2 Å². The van der Waals surface area contributed by atoms with Crippen LogP contribution in [-0.4, -0.2) is 57.4 Å². The maximum absolute atomic E-state index is 12.8. The molecule has 9 nitrogen and oxygen atoms in total. The molecule has 2 aliphatic rings. The Morgan fingerprint density at radius 3 is 2.50 bits per heavy atom. The highest BCUT2D eigenvalue weighted by Gasteiger charge is 2.17. The Bertz CT molecular complexity index is 999. The highest BCUT2D eigenvalue weighted by Crippen LogP contribution is 2.32. The zero-order valence-corrected chi connectivity index (χ0v) is 17.8. The topological polar surface area (TPSA) is 107 Å². The van der Waals surface area contributed by atoms with Crippen molar-refractivity contribution in [3.05, 3.63) is 53.6 Å². The van der Waals surface area contributed by atoms with Gasteiger partial charge < -0.3 is 24.3 Å². The first-order valence-electron chi connectivity index (χ1n) is 10.4. The average molecular weight is 439 g/mol. The van der Waals surface area contributed by atoms with E-state index in [1.165, 1.54) is 19.2 Å². The quantitative estimate of drug-likeness (QED) is 0.419. The molecule has 2 heterocycles. The van der Waals surface area contributed by atoms with Gasteiger partial charge in [-0.2, -0.15) is 0 Å². The fourth-order valence-electron chi connectivity index (χ4n) is 3.40. The summed E-state index contributed by atoms with van der Waals surface area (Å²) in [4.78, 5) is 28.9. The normalized spacial score (nSPS) is 17.5. The lowest BCUT2D eigenvalue weighted by atomic mass is 10.1. The summed E-state index contributed by atoms with van der Waals surface area (Å²) in [6.45, 7) is 2.14. The summed E-state index contributed by atoms with van der Waals surface area (Å²) in [5.74, 6) is 0.770. The molecule has 1 atom stereocenters. The fraction of sp³-hybridized carbons (Fsp3) is 0.348. The molecule has 1 saturated heterocycles. The second-order valence-corrected chi connectivity index (χ2v) is 7.33. The Labute approximate surface area is 185 Å². The molecule has 2 aromatic carbocycles. The largest absolute Gasteiger partial charge is 0.486 e. The van der Waals surface area contributed by atoms with E-state index in [9.17, 15) is 9.59 Å². The number of guanidine groups is 1. The van der Waals surface area contributed by atoms with E-state index in [2.05, 4.69) is 20.4 Å². The van der Waals surface area contributed by atoms with Crippen LogP contribution in [0.3, 0.4) is 0 Å². The van der Waals surface area contributed by atoms with E-state index in [1.807, 2.05) is 12.1 Å². The standard InChI is InChI=1S/C23H25N3O6/c1-29-22(28)16-6-4-15(5-7-16)21(27)26-23(24-14-18-3-2-10-30-18)25-17-8-9-19-20(13-17)32-12-11-31-19/h4-9,13,18H,2-3,10-12,14H2,1H3,(H2,24,25,26,27)/t18-/m0/s1. The van der Waals surface area contributed by atoms with E-state index in [0.717, 1.165) is 19.4 Å². The molecule has 0 spiro atoms. The van der Waals surface area contributed by atoms with Crippen LogP contribution in [0.2, 0.25) is 0 Å². The minimum absolute atomic E-state index is 0.0308. The van der Waals surface area contributed by atoms with Crippen LogP contribution in [0.4, 0.5) is 5.69 Å². The zero-order valence-electron chi connectivity index (χ0n) is 17.8. The van der Waals surface area contributed by atoms with E-state index in [-0.39, 0.29) is 12.0 Å². The average Bonchev–Trinajstić information content (AvgIpc) is 3.36. The van der Waals surface area contributed by atoms with E-state index < -0.39 is 5.97 Å². The number of esters is 1. The van der Waals surface area contributed by atoms with Crippen molar-refractivity contribution in [2.45, 2.75) is 18.9 Å². The molecule has 0 unspecified atom stereocenters. The second-order valence-electron chi connectivity index (χ2n) is 7.33. The predicted octanol–water partition coefficient (Wildman–Crippen LogP) is 2.62. The van der Waals surface area contributed by atoms with Crippen LogP contribution >= 0.6 is 0 Å². The third-order valence-electron chi connectivity index (χ3n) is 5.08. The van der Waals surface area contributed by atoms with Gasteiger partial charge in [-0.15, -0.1) is 0 Å². The van der Waals surface area contributed by atoms with Crippen LogP contribution < -0.4 is 20.1 Å². The molecule has 32 heavy (non-hydrogen) atoms. The molecule has 9 heteroatoms. The van der Waals surface area contributed by atoms with Gasteiger partial charge in [0, 0.05) is 23.9 Å². The lowest BCUT2D eigenvalue weighted by Gasteiger charge is -2.19. The maximum atomic E-state index is 12.8. The first kappa shape index (κ1) is 21.6. The van der Waals surface area contributed by atoms with Gasteiger partial charge >= 0.3 is 5.97 Å². The highest BCUT2D eigenvalue weighted by atomic mass is 16.6. The third-order valence-corrected chi connectivity index (χ3v) is 5.08. The molecule has 0 bridgehead atoms. The number of methoxy groups -OCH3 is 1. The molecule has 0 aromatic heterocycles. The number of hydrogen-bond donors (Lipinski definition) is 2. The van der Waals surface area contributed by atoms with Crippen molar-refractivity contribution in [2.75, 3.05) is 38.8 Å². The highest BCUT2D eigenvalue weighted by molar-refractivity contribution is 6.10. The number of anilines is 1. The van der Waals surface area contributed by atoms with Gasteiger partial charge in [-0.3, -0.25) is 10.1 Å². The van der Waals surface area contributed by atoms with Crippen molar-refractivity contribution in [3.8, 4) is 11.5 Å². The summed E-state index contributed by atoms with van der Waals surface area (Å²) >= 11 is 0. The SMILES string of the molecule is COC(=O)c1ccc(C(=O)NC(=NC[C@@H]2CCCO2)Nc2ccc3c(c2)OCCO3)cc1. The number of carbonyl (C=O) groups excluding carboxylic acids is 2. The fourth-order valence-corrected chi connectivity index (χ4v) is 3.40. The summed E-state index contributed by atoms with van der Waals surface area (Å²) in [7, 11) is 1.31. The number of ether oxygens (including phenoxy) is 4. The van der Waals surface area contributed by atoms with Crippen molar-refractivity contribution >= 4 is 23.5 Å². The number of amides is 1. The molecule has 2 aliphatic heterocycles. The smallest absolute Gasteiger partial charge is 0.337 e. The summed E-state index contributed by atoms with van der Waals surface area (Å²) in [6.07, 6.45) is 1.97. The third kappa shape index (κ3) is 5.36. The molecule has 2 N–H and O–H groups in total. The van der Waals surface area contributed by atoms with Crippen molar-refractivity contribution < 1.29 is 28.5 Å². The van der Waals surface area contributed by atoms with Crippen molar-refractivity contribution in [2.24, 2.45) is 4.99 Å². The molecular weight excluding hydrogens is 414 g/mol. The Hall–Kier alpha value is -3.59. The number of carbonyl (C=O) groups is 2. The zero-order chi connectivity index (χ0) is 22.3. The Kier molecular flexibility index (Phi) is 6.86. The molecule has 1 fully saturated rings. The number of aliphatic imine (C=N–C) groups is 1. The van der Waals surface area contributed by atoms with Gasteiger partial charge in [-0.1, -0.05) is 0 Å². The number of fused-ring (bicyclic) bond motifs is 1. The van der Waals surface area contributed by atoms with E-state index in [0.29, 0.717) is 54.0 Å². The van der Waals surface area contributed by atoms with E-state index in [4.69, 9.17) is 14.2 Å². The molecule has 0 saturated carbocycles. The van der Waals surface area contributed by atoms with Crippen LogP contribution in [-0.2, 0) is 9.47 Å². The minimum Gasteiger partial charge on any atom is -0.486 e. The molecule has 2 aromatic rings. The maximum Gasteiger partial charge on any atom is 0.337 e. The van der Waals surface area contributed by atoms with Gasteiger partial charge in [0.1, 0.15) is 13.2 Å². The number of nitrogens with zero attached hydrogens (tertiary/aromatic N) is 1. The number of hydrogen-bond acceptors (Lipinski definition) is 7. The van der Waals surface area contributed by atoms with Crippen LogP contribution in [0.25, 0.3) is 0 Å². The van der Waals surface area contributed by atoms with Gasteiger partial charge in [-0.25, -0.2) is 9.79 Å². The summed E-state index contributed by atoms with van der Waals surface area (Å²) < 4.78 is 21.5. The summed E-state index contributed by atoms with van der Waals surface area (Å²) in [6, 6.07) is 11.6. The second kappa shape index (κ2) is 10.1. The summed E-state index contributed by atoms with van der Waals surface area (Å²) in [5.41, 5.74) is 1.44. The lowest BCUT2D eigenvalue weighted by Crippen LogP contribution is -2.36. The molecule has 0 aliphatic carbocycles. The Morgan fingerprint density at radius 2 is 1.78 bits per heavy atom. The first-order valence-corrected chi connectivity index (χ1v) is 10.4. The van der Waals surface area contributed by atoms with Crippen LogP contribution in [0.15, 0.2) is 47.5 Å². The van der Waals surface area contributed by atoms with Crippen LogP contribution in [0, 0.1) is 0 Å². The molecule has 168 valence electrons. The molecule has 1 amide bonds. The van der Waals surface area contributed by atoms with Crippen LogP contribution in [0.1, 0.15) is 33.6 Å². The monoisotopic (exact) mass is 439 g/mol.